The van der Waals surface area contributed by atoms with Gasteiger partial charge in [-0.15, -0.1) is 0 Å². The zero-order valence-corrected chi connectivity index (χ0v) is 10.7. The van der Waals surface area contributed by atoms with Crippen LogP contribution in [-0.4, -0.2) is 21.4 Å². The van der Waals surface area contributed by atoms with Gasteiger partial charge in [0, 0.05) is 47.5 Å². The summed E-state index contributed by atoms with van der Waals surface area (Å²) in [6.45, 7) is 2.67. The molecule has 1 unspecified atom stereocenters. The third-order valence-electron chi connectivity index (χ3n) is 2.66. The molecule has 1 aliphatic rings. The second-order valence-corrected chi connectivity index (χ2v) is 3.47. The number of benzene rings is 1. The van der Waals surface area contributed by atoms with Gasteiger partial charge in [-0.3, -0.25) is 0 Å². The summed E-state index contributed by atoms with van der Waals surface area (Å²) in [6, 6.07) is 9.47. The summed E-state index contributed by atoms with van der Waals surface area (Å²) in [5.74, 6) is 0.641. The van der Waals surface area contributed by atoms with Crippen LogP contribution in [0.4, 0.5) is 0 Å². The Hall–Kier alpha value is 0.519. The molecular weight excluding hydrogens is 229 g/mol. The molecule has 2 rings (SSSR count). The van der Waals surface area contributed by atoms with Gasteiger partial charge in [0.05, 0.1) is 6.60 Å². The number of hydrogen-bond acceptors (Lipinski definition) is 0. The summed E-state index contributed by atoms with van der Waals surface area (Å²) in [5, 5.41) is 0. The Kier molecular flexibility index (Phi) is 4.32. The molecule has 0 aromatic heterocycles. The van der Waals surface area contributed by atoms with Crippen molar-refractivity contribution < 1.29 is 32.7 Å². The second-order valence-electron chi connectivity index (χ2n) is 3.47. The van der Waals surface area contributed by atoms with Crippen molar-refractivity contribution in [2.75, 3.05) is 0 Å². The number of hydrogen-bond donors (Lipinski definition) is 0. The monoisotopic (exact) mass is 239 g/mol. The zero-order chi connectivity index (χ0) is 8.55. The molecule has 1 aromatic carbocycles. The first-order valence-electron chi connectivity index (χ1n) is 4.38. The smallest absolute Gasteiger partial charge is 0.0967 e. The summed E-state index contributed by atoms with van der Waals surface area (Å²) >= 11 is 0. The molecular formula is C9H9B3Y-. The van der Waals surface area contributed by atoms with Crippen LogP contribution >= 0.6 is 0 Å². The largest absolute Gasteiger partial charge is 0.197 e. The van der Waals surface area contributed by atoms with Crippen molar-refractivity contribution in [1.29, 1.82) is 0 Å². The minimum atomic E-state index is 0. The maximum atomic E-state index is 5.57. The maximum Gasteiger partial charge on any atom is 0.0967 e. The van der Waals surface area contributed by atoms with Crippen LogP contribution in [-0.2, 0) is 32.7 Å². The van der Waals surface area contributed by atoms with Crippen LogP contribution in [0.25, 0.3) is 0 Å². The van der Waals surface area contributed by atoms with E-state index in [1.807, 2.05) is 12.1 Å². The van der Waals surface area contributed by atoms with E-state index in [0.29, 0.717) is 12.5 Å². The van der Waals surface area contributed by atoms with Crippen molar-refractivity contribution in [2.24, 2.45) is 0 Å². The molecule has 0 aliphatic carbocycles. The normalized spacial score (nSPS) is 19.2. The molecule has 0 fully saturated rings. The molecule has 1 heterocycles. The Bertz CT molecular complexity index is 290. The molecule has 0 N–H and O–H groups in total. The summed E-state index contributed by atoms with van der Waals surface area (Å²) in [5.41, 5.74) is 2.72. The van der Waals surface area contributed by atoms with Crippen LogP contribution in [0.3, 0.4) is 0 Å². The van der Waals surface area contributed by atoms with Crippen LogP contribution < -0.4 is 5.46 Å². The van der Waals surface area contributed by atoms with Gasteiger partial charge in [0.25, 0.3) is 0 Å². The summed E-state index contributed by atoms with van der Waals surface area (Å²) in [4.78, 5) is 0. The van der Waals surface area contributed by atoms with Gasteiger partial charge >= 0.3 is 0 Å². The predicted octanol–water partition coefficient (Wildman–Crippen LogP) is 0.588. The molecule has 0 saturated carbocycles. The Balaban J connectivity index is 0.000000845. The van der Waals surface area contributed by atoms with Crippen LogP contribution in [0.2, 0.25) is 6.32 Å². The van der Waals surface area contributed by atoms with E-state index >= 15 is 0 Å². The van der Waals surface area contributed by atoms with E-state index in [0.717, 1.165) is 6.32 Å². The average Bonchev–Trinajstić information content (AvgIpc) is 2.44. The third-order valence-corrected chi connectivity index (χ3v) is 2.66. The minimum Gasteiger partial charge on any atom is -0.197 e. The minimum absolute atomic E-state index is 0. The number of fused-ring (bicyclic) bond motifs is 1. The maximum absolute atomic E-state index is 5.57. The van der Waals surface area contributed by atoms with Gasteiger partial charge in [0.2, 0.25) is 0 Å². The Labute approximate surface area is 108 Å². The molecule has 58 valence electrons. The van der Waals surface area contributed by atoms with E-state index < -0.39 is 0 Å². The van der Waals surface area contributed by atoms with Crippen molar-refractivity contribution in [3.63, 3.8) is 0 Å². The van der Waals surface area contributed by atoms with Crippen molar-refractivity contribution in [3.05, 3.63) is 29.8 Å². The van der Waals surface area contributed by atoms with Crippen molar-refractivity contribution >= 4 is 26.9 Å². The number of rotatable bonds is 1. The summed E-state index contributed by atoms with van der Waals surface area (Å²) in [7, 11) is 7.36. The molecule has 0 amide bonds. The predicted molar refractivity (Wildman–Crippen MR) is 55.4 cm³/mol. The summed E-state index contributed by atoms with van der Waals surface area (Å²) in [6.07, 6.45) is 1.15. The van der Waals surface area contributed by atoms with Gasteiger partial charge in [0.1, 0.15) is 0 Å². The van der Waals surface area contributed by atoms with Crippen molar-refractivity contribution in [1.82, 2.24) is 0 Å². The van der Waals surface area contributed by atoms with E-state index in [-0.39, 0.29) is 32.7 Å². The van der Waals surface area contributed by atoms with Gasteiger partial charge in [-0.2, -0.15) is 35.3 Å². The van der Waals surface area contributed by atoms with Crippen LogP contribution in [0.1, 0.15) is 18.4 Å². The SMILES string of the molecule is [B][B]B1CC(C)c2ccc[c-]c21.[Y]. The second kappa shape index (κ2) is 4.84. The average molecular weight is 239 g/mol. The molecule has 4 heteroatoms. The molecule has 13 heavy (non-hydrogen) atoms. The first-order chi connectivity index (χ1) is 5.83. The molecule has 1 aliphatic heterocycles. The van der Waals surface area contributed by atoms with Crippen LogP contribution in [0.5, 0.6) is 0 Å². The van der Waals surface area contributed by atoms with Crippen LogP contribution in [0.15, 0.2) is 18.2 Å². The standard InChI is InChI=1S/C9H9B3.Y/c1-7-6-12(11-10)9-5-3-2-4-8(7)9;/h2-4,7H,6H2,1H3;/q-1;. The van der Waals surface area contributed by atoms with Crippen molar-refractivity contribution in [3.8, 4) is 0 Å². The van der Waals surface area contributed by atoms with E-state index in [9.17, 15) is 0 Å². The van der Waals surface area contributed by atoms with E-state index in [1.54, 1.807) is 7.06 Å². The van der Waals surface area contributed by atoms with Gasteiger partial charge in [-0.1, -0.05) is 19.2 Å². The molecule has 0 spiro atoms. The fourth-order valence-corrected chi connectivity index (χ4v) is 2.01. The zero-order valence-electron chi connectivity index (χ0n) is 7.83. The van der Waals surface area contributed by atoms with E-state index in [2.05, 4.69) is 19.1 Å². The molecule has 0 saturated heterocycles. The topological polar surface area (TPSA) is 0 Å². The molecule has 0 nitrogen and oxygen atoms in total. The van der Waals surface area contributed by atoms with E-state index in [1.165, 1.54) is 11.0 Å². The molecule has 1 atom stereocenters. The third kappa shape index (κ3) is 2.13. The van der Waals surface area contributed by atoms with Gasteiger partial charge in [-0.25, -0.2) is 0 Å². The van der Waals surface area contributed by atoms with E-state index in [4.69, 9.17) is 7.74 Å². The molecule has 4 radical (unpaired) electrons. The first kappa shape index (κ1) is 11.6. The molecule has 0 bridgehead atoms. The van der Waals surface area contributed by atoms with Gasteiger partial charge in [-0.05, 0) is 0 Å². The Morgan fingerprint density at radius 3 is 3.15 bits per heavy atom. The Morgan fingerprint density at radius 2 is 2.46 bits per heavy atom. The summed E-state index contributed by atoms with van der Waals surface area (Å²) < 4.78 is 0. The fourth-order valence-electron chi connectivity index (χ4n) is 2.01. The van der Waals surface area contributed by atoms with Gasteiger partial charge < -0.3 is 0 Å². The first-order valence-corrected chi connectivity index (χ1v) is 4.38. The quantitative estimate of drug-likeness (QED) is 0.496. The Morgan fingerprint density at radius 1 is 1.69 bits per heavy atom. The van der Waals surface area contributed by atoms with Gasteiger partial charge in [0.15, 0.2) is 0 Å². The van der Waals surface area contributed by atoms with Crippen LogP contribution in [0, 0.1) is 6.07 Å². The van der Waals surface area contributed by atoms with Crippen molar-refractivity contribution in [2.45, 2.75) is 19.2 Å². The fraction of sp³-hybridized carbons (Fsp3) is 0.333. The molecule has 1 aromatic rings.